The van der Waals surface area contributed by atoms with Gasteiger partial charge in [0.1, 0.15) is 18.1 Å². The number of aromatic amines is 1. The van der Waals surface area contributed by atoms with Gasteiger partial charge in [-0.3, -0.25) is 24.0 Å². The standard InChI is InChI=1S/C26H38N8O7/c27-10-4-3-7-18(26(40)41)32-24(38)19(11-14-13-31-17-6-2-1-5-15(14)17)34-25(39)20(12-22(30)36)33-23(37)16(28)8-9-21(29)35/h1-2,5-6,13,16,18-20,31H,3-4,7-12,27-28H2,(H2,29,35)(H2,30,36)(H,32,38)(H,33,37)(H,34,39)(H,40,41). The molecule has 4 unspecified atom stereocenters. The van der Waals surface area contributed by atoms with Crippen molar-refractivity contribution in [1.29, 1.82) is 0 Å². The number of para-hydroxylation sites is 1. The summed E-state index contributed by atoms with van der Waals surface area (Å²) in [5, 5.41) is 17.7. The van der Waals surface area contributed by atoms with Crippen LogP contribution in [0.3, 0.4) is 0 Å². The van der Waals surface area contributed by atoms with E-state index in [4.69, 9.17) is 22.9 Å². The monoisotopic (exact) mass is 574 g/mol. The normalized spacial score (nSPS) is 13.9. The first-order valence-electron chi connectivity index (χ1n) is 13.1. The van der Waals surface area contributed by atoms with Crippen LogP contribution >= 0.6 is 0 Å². The molecule has 0 spiro atoms. The minimum absolute atomic E-state index is 0.0495. The Morgan fingerprint density at radius 2 is 1.46 bits per heavy atom. The summed E-state index contributed by atoms with van der Waals surface area (Å²) in [6, 6.07) is 2.01. The molecule has 13 N–H and O–H groups in total. The Bertz CT molecular complexity index is 1250. The van der Waals surface area contributed by atoms with E-state index in [0.717, 1.165) is 10.9 Å². The maximum atomic E-state index is 13.3. The molecule has 0 aliphatic rings. The molecule has 15 nitrogen and oxygen atoms in total. The fraction of sp³-hybridized carbons (Fsp3) is 0.462. The number of rotatable bonds is 18. The predicted octanol–water partition coefficient (Wildman–Crippen LogP) is -2.15. The topological polar surface area (TPSA) is 279 Å². The largest absolute Gasteiger partial charge is 0.480 e. The number of amides is 5. The molecule has 0 fully saturated rings. The van der Waals surface area contributed by atoms with E-state index in [9.17, 15) is 33.9 Å². The van der Waals surface area contributed by atoms with E-state index >= 15 is 0 Å². The number of hydrogen-bond acceptors (Lipinski definition) is 8. The lowest BCUT2D eigenvalue weighted by molar-refractivity contribution is -0.142. The highest BCUT2D eigenvalue weighted by Crippen LogP contribution is 2.19. The molecule has 15 heteroatoms. The summed E-state index contributed by atoms with van der Waals surface area (Å²) < 4.78 is 0. The van der Waals surface area contributed by atoms with E-state index in [1.807, 2.05) is 18.2 Å². The minimum Gasteiger partial charge on any atom is -0.480 e. The average Bonchev–Trinajstić information content (AvgIpc) is 3.32. The molecule has 1 aromatic carbocycles. The minimum atomic E-state index is -1.50. The summed E-state index contributed by atoms with van der Waals surface area (Å²) >= 11 is 0. The number of nitrogens with two attached hydrogens (primary N) is 4. The van der Waals surface area contributed by atoms with Crippen LogP contribution < -0.4 is 38.9 Å². The Morgan fingerprint density at radius 1 is 0.829 bits per heavy atom. The first kappa shape index (κ1) is 32.7. The molecule has 224 valence electrons. The molecule has 0 aliphatic carbocycles. The van der Waals surface area contributed by atoms with Crippen molar-refractivity contribution in [3.63, 3.8) is 0 Å². The number of unbranched alkanes of at least 4 members (excludes halogenated alkanes) is 1. The summed E-state index contributed by atoms with van der Waals surface area (Å²) in [7, 11) is 0. The van der Waals surface area contributed by atoms with Crippen molar-refractivity contribution in [3.05, 3.63) is 36.0 Å². The van der Waals surface area contributed by atoms with Crippen molar-refractivity contribution >= 4 is 46.4 Å². The molecule has 0 bridgehead atoms. The van der Waals surface area contributed by atoms with Crippen LogP contribution in [0.5, 0.6) is 0 Å². The van der Waals surface area contributed by atoms with Crippen molar-refractivity contribution in [2.75, 3.05) is 6.54 Å². The van der Waals surface area contributed by atoms with E-state index in [2.05, 4.69) is 20.9 Å². The molecule has 1 aromatic heterocycles. The van der Waals surface area contributed by atoms with Gasteiger partial charge in [-0.1, -0.05) is 18.2 Å². The van der Waals surface area contributed by atoms with Gasteiger partial charge in [-0.15, -0.1) is 0 Å². The molecule has 5 amide bonds. The summed E-state index contributed by atoms with van der Waals surface area (Å²) in [4.78, 5) is 76.7. The number of carbonyl (C=O) groups excluding carboxylic acids is 5. The first-order chi connectivity index (χ1) is 19.4. The molecule has 0 saturated carbocycles. The van der Waals surface area contributed by atoms with Crippen LogP contribution in [0.25, 0.3) is 10.9 Å². The summed E-state index contributed by atoms with van der Waals surface area (Å²) in [6.07, 6.45) is 1.86. The number of aromatic nitrogens is 1. The predicted molar refractivity (Wildman–Crippen MR) is 149 cm³/mol. The van der Waals surface area contributed by atoms with Crippen molar-refractivity contribution < 1.29 is 33.9 Å². The second-order valence-corrected chi connectivity index (χ2v) is 9.65. The lowest BCUT2D eigenvalue weighted by atomic mass is 10.0. The third kappa shape index (κ3) is 10.5. The number of hydrogen-bond donors (Lipinski definition) is 9. The van der Waals surface area contributed by atoms with E-state index in [1.54, 1.807) is 12.3 Å². The van der Waals surface area contributed by atoms with Gasteiger partial charge in [-0.25, -0.2) is 4.79 Å². The smallest absolute Gasteiger partial charge is 0.326 e. The average molecular weight is 575 g/mol. The Kier molecular flexibility index (Phi) is 12.7. The highest BCUT2D eigenvalue weighted by molar-refractivity contribution is 5.96. The van der Waals surface area contributed by atoms with Crippen LogP contribution in [0.1, 0.15) is 44.1 Å². The third-order valence-electron chi connectivity index (χ3n) is 6.37. The molecule has 0 saturated heterocycles. The van der Waals surface area contributed by atoms with Crippen molar-refractivity contribution in [2.45, 2.75) is 69.1 Å². The molecule has 4 atom stereocenters. The Morgan fingerprint density at radius 3 is 2.10 bits per heavy atom. The van der Waals surface area contributed by atoms with Crippen LogP contribution in [-0.4, -0.2) is 76.3 Å². The maximum Gasteiger partial charge on any atom is 0.326 e. The second-order valence-electron chi connectivity index (χ2n) is 9.65. The van der Waals surface area contributed by atoms with Crippen molar-refractivity contribution in [2.24, 2.45) is 22.9 Å². The molecule has 0 radical (unpaired) electrons. The van der Waals surface area contributed by atoms with Crippen LogP contribution in [0.15, 0.2) is 30.5 Å². The molecule has 41 heavy (non-hydrogen) atoms. The second kappa shape index (κ2) is 15.9. The lowest BCUT2D eigenvalue weighted by Gasteiger charge is -2.25. The van der Waals surface area contributed by atoms with Crippen molar-refractivity contribution in [1.82, 2.24) is 20.9 Å². The number of carboxylic acids is 1. The van der Waals surface area contributed by atoms with Gasteiger partial charge in [0, 0.05) is 29.9 Å². The molecule has 2 aromatic rings. The van der Waals surface area contributed by atoms with E-state index in [-0.39, 0.29) is 25.7 Å². The highest BCUT2D eigenvalue weighted by Gasteiger charge is 2.31. The zero-order chi connectivity index (χ0) is 30.5. The maximum absolute atomic E-state index is 13.3. The number of aliphatic carboxylic acids is 1. The molecule has 0 aliphatic heterocycles. The highest BCUT2D eigenvalue weighted by atomic mass is 16.4. The first-order valence-corrected chi connectivity index (χ1v) is 13.1. The van der Waals surface area contributed by atoms with Gasteiger partial charge in [0.05, 0.1) is 12.5 Å². The zero-order valence-electron chi connectivity index (χ0n) is 22.6. The van der Waals surface area contributed by atoms with Crippen LogP contribution in [0.4, 0.5) is 0 Å². The van der Waals surface area contributed by atoms with Crippen molar-refractivity contribution in [3.8, 4) is 0 Å². The summed E-state index contributed by atoms with van der Waals surface area (Å²) in [6.45, 7) is 0.360. The number of carboxylic acid groups (broad SMARTS) is 1. The van der Waals surface area contributed by atoms with Gasteiger partial charge < -0.3 is 49.0 Å². The van der Waals surface area contributed by atoms with Gasteiger partial charge in [0.15, 0.2) is 0 Å². The van der Waals surface area contributed by atoms with E-state index in [1.165, 1.54) is 0 Å². The van der Waals surface area contributed by atoms with Crippen LogP contribution in [-0.2, 0) is 35.2 Å². The fourth-order valence-electron chi connectivity index (χ4n) is 4.14. The Hall–Kier alpha value is -4.50. The van der Waals surface area contributed by atoms with E-state index in [0.29, 0.717) is 24.9 Å². The third-order valence-corrected chi connectivity index (χ3v) is 6.37. The quantitative estimate of drug-likeness (QED) is 0.0876. The number of nitrogens with one attached hydrogen (secondary N) is 4. The number of H-pyrrole nitrogens is 1. The molecular formula is C26H38N8O7. The Balaban J connectivity index is 2.29. The zero-order valence-corrected chi connectivity index (χ0v) is 22.6. The number of primary amides is 2. The van der Waals surface area contributed by atoms with Crippen LogP contribution in [0, 0.1) is 0 Å². The number of carbonyl (C=O) groups is 6. The van der Waals surface area contributed by atoms with Gasteiger partial charge in [0.25, 0.3) is 0 Å². The molecule has 2 rings (SSSR count). The van der Waals surface area contributed by atoms with Gasteiger partial charge in [-0.2, -0.15) is 0 Å². The summed E-state index contributed by atoms with van der Waals surface area (Å²) in [5.41, 5.74) is 23.1. The van der Waals surface area contributed by atoms with Gasteiger partial charge in [-0.05, 0) is 43.9 Å². The van der Waals surface area contributed by atoms with Gasteiger partial charge >= 0.3 is 5.97 Å². The SMILES string of the molecule is NCCCCC(NC(=O)C(Cc1c[nH]c2ccccc12)NC(=O)C(CC(N)=O)NC(=O)C(N)CCC(N)=O)C(=O)O. The van der Waals surface area contributed by atoms with E-state index < -0.39 is 66.1 Å². The van der Waals surface area contributed by atoms with Crippen LogP contribution in [0.2, 0.25) is 0 Å². The summed E-state index contributed by atoms with van der Waals surface area (Å²) in [5.74, 6) is -5.39. The molecule has 1 heterocycles. The number of benzene rings is 1. The Labute approximate surface area is 236 Å². The molecular weight excluding hydrogens is 536 g/mol. The lowest BCUT2D eigenvalue weighted by Crippen LogP contribution is -2.58. The number of fused-ring (bicyclic) bond motifs is 1. The van der Waals surface area contributed by atoms with Gasteiger partial charge in [0.2, 0.25) is 29.5 Å². The fourth-order valence-corrected chi connectivity index (χ4v) is 4.14.